The van der Waals surface area contributed by atoms with Crippen LogP contribution in [0, 0.1) is 0 Å². The Hall–Kier alpha value is -3.32. The summed E-state index contributed by atoms with van der Waals surface area (Å²) in [6.07, 6.45) is 1.28. The van der Waals surface area contributed by atoms with Crippen molar-refractivity contribution in [2.24, 2.45) is 0 Å². The van der Waals surface area contributed by atoms with E-state index in [2.05, 4.69) is 16.0 Å². The van der Waals surface area contributed by atoms with Crippen molar-refractivity contribution in [2.75, 3.05) is 34.3 Å². The monoisotopic (exact) mass is 432 g/mol. The van der Waals surface area contributed by atoms with Crippen LogP contribution in [0.3, 0.4) is 0 Å². The molecule has 2 aromatic carbocycles. The first-order valence-corrected chi connectivity index (χ1v) is 11.0. The Labute approximate surface area is 187 Å². The fourth-order valence-corrected chi connectivity index (χ4v) is 5.01. The topological polar surface area (TPSA) is 68.9 Å². The number of urea groups is 1. The lowest BCUT2D eigenvalue weighted by molar-refractivity contribution is -0.128. The van der Waals surface area contributed by atoms with Crippen molar-refractivity contribution in [3.63, 3.8) is 0 Å². The third-order valence-electron chi connectivity index (χ3n) is 6.55. The molecule has 3 aromatic rings. The minimum Gasteiger partial charge on any atom is -0.497 e. The fourth-order valence-electron chi connectivity index (χ4n) is 5.01. The van der Waals surface area contributed by atoms with Crippen LogP contribution in [0.4, 0.5) is 4.79 Å². The summed E-state index contributed by atoms with van der Waals surface area (Å²) < 4.78 is 5.32. The van der Waals surface area contributed by atoms with Crippen LogP contribution in [-0.2, 0) is 11.2 Å². The zero-order valence-corrected chi connectivity index (χ0v) is 18.7. The molecule has 32 heavy (non-hydrogen) atoms. The van der Waals surface area contributed by atoms with E-state index in [9.17, 15) is 9.59 Å². The van der Waals surface area contributed by atoms with Crippen molar-refractivity contribution in [2.45, 2.75) is 24.9 Å². The van der Waals surface area contributed by atoms with Crippen LogP contribution < -0.4 is 4.74 Å². The van der Waals surface area contributed by atoms with E-state index in [1.807, 2.05) is 56.6 Å². The first kappa shape index (κ1) is 20.6. The van der Waals surface area contributed by atoms with Gasteiger partial charge in [-0.05, 0) is 56.4 Å². The number of H-pyrrole nitrogens is 1. The zero-order chi connectivity index (χ0) is 22.4. The number of nitrogens with zero attached hydrogens (tertiary/aromatic N) is 3. The first-order chi connectivity index (χ1) is 15.5. The Kier molecular flexibility index (Phi) is 5.13. The van der Waals surface area contributed by atoms with Crippen molar-refractivity contribution < 1.29 is 14.3 Å². The Morgan fingerprint density at radius 1 is 1.09 bits per heavy atom. The highest BCUT2D eigenvalue weighted by molar-refractivity contribution is 6.05. The van der Waals surface area contributed by atoms with Crippen molar-refractivity contribution >= 4 is 22.8 Å². The molecule has 5 rings (SSSR count). The van der Waals surface area contributed by atoms with Crippen molar-refractivity contribution in [3.8, 4) is 5.75 Å². The molecule has 2 aliphatic heterocycles. The average molecular weight is 433 g/mol. The van der Waals surface area contributed by atoms with Crippen LogP contribution >= 0.6 is 0 Å². The third kappa shape index (κ3) is 3.24. The minimum absolute atomic E-state index is 0.0943. The van der Waals surface area contributed by atoms with E-state index in [0.29, 0.717) is 13.0 Å². The normalized spacial score (nSPS) is 20.2. The second-order valence-corrected chi connectivity index (χ2v) is 8.79. The van der Waals surface area contributed by atoms with Gasteiger partial charge in [-0.2, -0.15) is 0 Å². The van der Waals surface area contributed by atoms with E-state index in [0.717, 1.165) is 46.4 Å². The average Bonchev–Trinajstić information content (AvgIpc) is 3.28. The molecule has 2 aliphatic rings. The lowest BCUT2D eigenvalue weighted by Gasteiger charge is -2.36. The maximum atomic E-state index is 13.5. The van der Waals surface area contributed by atoms with Crippen LogP contribution in [-0.4, -0.2) is 72.0 Å². The smallest absolute Gasteiger partial charge is 0.328 e. The second-order valence-electron chi connectivity index (χ2n) is 8.79. The van der Waals surface area contributed by atoms with Crippen molar-refractivity contribution in [1.29, 1.82) is 0 Å². The molecule has 2 atom stereocenters. The lowest BCUT2D eigenvalue weighted by atomic mass is 9.89. The highest BCUT2D eigenvalue weighted by Crippen LogP contribution is 2.44. The molecule has 3 amide bonds. The summed E-state index contributed by atoms with van der Waals surface area (Å²) in [7, 11) is 5.62. The Balaban J connectivity index is 1.59. The molecular formula is C25H28N4O3. The summed E-state index contributed by atoms with van der Waals surface area (Å²) in [4.78, 5) is 35.8. The molecule has 7 heteroatoms. The Bertz CT molecular complexity index is 1170. The molecule has 0 spiro atoms. The summed E-state index contributed by atoms with van der Waals surface area (Å²) in [5, 5.41) is 1.12. The summed E-state index contributed by atoms with van der Waals surface area (Å²) in [5.41, 5.74) is 4.10. The van der Waals surface area contributed by atoms with E-state index in [4.69, 9.17) is 4.74 Å². The van der Waals surface area contributed by atoms with Gasteiger partial charge < -0.3 is 14.6 Å². The first-order valence-electron chi connectivity index (χ1n) is 11.0. The number of benzene rings is 2. The van der Waals surface area contributed by atoms with Crippen LogP contribution in [0.2, 0.25) is 0 Å². The Morgan fingerprint density at radius 3 is 2.56 bits per heavy atom. The van der Waals surface area contributed by atoms with Crippen LogP contribution in [0.25, 0.3) is 10.9 Å². The number of hydrogen-bond acceptors (Lipinski definition) is 4. The number of fused-ring (bicyclic) bond motifs is 4. The molecular weight excluding hydrogens is 404 g/mol. The van der Waals surface area contributed by atoms with E-state index < -0.39 is 6.04 Å². The number of nitrogens with one attached hydrogen (secondary N) is 1. The number of imide groups is 1. The zero-order valence-electron chi connectivity index (χ0n) is 18.7. The van der Waals surface area contributed by atoms with Gasteiger partial charge in [0.1, 0.15) is 17.8 Å². The molecule has 0 radical (unpaired) electrons. The van der Waals surface area contributed by atoms with Gasteiger partial charge in [0.05, 0.1) is 7.11 Å². The Morgan fingerprint density at radius 2 is 1.84 bits per heavy atom. The molecule has 1 saturated heterocycles. The molecule has 1 N–H and O–H groups in total. The number of para-hydroxylation sites is 1. The number of carbonyl (C=O) groups is 2. The number of rotatable bonds is 6. The van der Waals surface area contributed by atoms with Gasteiger partial charge in [-0.1, -0.05) is 30.3 Å². The molecule has 0 unspecified atom stereocenters. The standard InChI is InChI=1S/C25H28N4O3/c1-27(2)13-6-14-28-24(30)21-15-19-18-7-4-5-8-20(18)26-22(19)23(29(21)25(28)31)16-9-11-17(32-3)12-10-16/h4-5,7-12,21,23,26H,6,13-15H2,1-3H3/t21-,23+/m1/s1. The molecule has 3 heterocycles. The van der Waals surface area contributed by atoms with Gasteiger partial charge in [-0.3, -0.25) is 14.6 Å². The number of hydrogen-bond donors (Lipinski definition) is 1. The number of aromatic nitrogens is 1. The van der Waals surface area contributed by atoms with Gasteiger partial charge in [0.25, 0.3) is 5.91 Å². The highest BCUT2D eigenvalue weighted by Gasteiger charge is 2.52. The van der Waals surface area contributed by atoms with Gasteiger partial charge in [0.15, 0.2) is 0 Å². The van der Waals surface area contributed by atoms with E-state index in [1.54, 1.807) is 12.0 Å². The van der Waals surface area contributed by atoms with Gasteiger partial charge in [-0.15, -0.1) is 0 Å². The quantitative estimate of drug-likeness (QED) is 0.606. The van der Waals surface area contributed by atoms with Crippen molar-refractivity contribution in [1.82, 2.24) is 19.7 Å². The van der Waals surface area contributed by atoms with Crippen LogP contribution in [0.15, 0.2) is 48.5 Å². The number of carbonyl (C=O) groups excluding carboxylic acids is 2. The maximum Gasteiger partial charge on any atom is 0.328 e. The number of ether oxygens (including phenoxy) is 1. The number of methoxy groups -OCH3 is 1. The SMILES string of the molecule is COc1ccc([C@H]2c3[nH]c4ccccc4c3C[C@@H]3C(=O)N(CCCN(C)C)C(=O)N23)cc1. The predicted octanol–water partition coefficient (Wildman–Crippen LogP) is 3.41. The van der Waals surface area contributed by atoms with Crippen LogP contribution in [0.5, 0.6) is 5.75 Å². The van der Waals surface area contributed by atoms with Gasteiger partial charge in [-0.25, -0.2) is 4.79 Å². The van der Waals surface area contributed by atoms with E-state index in [1.165, 1.54) is 4.90 Å². The largest absolute Gasteiger partial charge is 0.497 e. The highest BCUT2D eigenvalue weighted by atomic mass is 16.5. The molecule has 166 valence electrons. The third-order valence-corrected chi connectivity index (χ3v) is 6.55. The molecule has 0 bridgehead atoms. The summed E-state index contributed by atoms with van der Waals surface area (Å²) in [5.74, 6) is 0.662. The van der Waals surface area contributed by atoms with Gasteiger partial charge in [0.2, 0.25) is 0 Å². The van der Waals surface area contributed by atoms with Crippen molar-refractivity contribution in [3.05, 3.63) is 65.4 Å². The van der Waals surface area contributed by atoms with E-state index >= 15 is 0 Å². The maximum absolute atomic E-state index is 13.5. The predicted molar refractivity (Wildman–Crippen MR) is 123 cm³/mol. The molecule has 1 fully saturated rings. The van der Waals surface area contributed by atoms with Crippen LogP contribution in [0.1, 0.15) is 29.3 Å². The molecule has 0 saturated carbocycles. The summed E-state index contributed by atoms with van der Waals surface area (Å²) >= 11 is 0. The number of aromatic amines is 1. The summed E-state index contributed by atoms with van der Waals surface area (Å²) in [6.45, 7) is 1.26. The second kappa shape index (κ2) is 7.98. The summed E-state index contributed by atoms with van der Waals surface area (Å²) in [6, 6.07) is 14.9. The minimum atomic E-state index is -0.485. The fraction of sp³-hybridized carbons (Fsp3) is 0.360. The number of amides is 3. The lowest BCUT2D eigenvalue weighted by Crippen LogP contribution is -2.44. The molecule has 7 nitrogen and oxygen atoms in total. The van der Waals surface area contributed by atoms with Gasteiger partial charge >= 0.3 is 6.03 Å². The van der Waals surface area contributed by atoms with Gasteiger partial charge in [0, 0.05) is 29.6 Å². The van der Waals surface area contributed by atoms with E-state index in [-0.39, 0.29) is 18.0 Å². The molecule has 1 aromatic heterocycles. The molecule has 0 aliphatic carbocycles.